The molecule has 0 radical (unpaired) electrons. The van der Waals surface area contributed by atoms with E-state index in [9.17, 15) is 24.0 Å². The van der Waals surface area contributed by atoms with E-state index in [1.807, 2.05) is 14.8 Å². The predicted molar refractivity (Wildman–Crippen MR) is 145 cm³/mol. The highest BCUT2D eigenvalue weighted by Gasteiger charge is 2.29. The number of anilines is 1. The van der Waals surface area contributed by atoms with Gasteiger partial charge in [0.1, 0.15) is 19.9 Å². The molecule has 1 rings (SSSR count). The molecule has 1 unspecified atom stereocenters. The minimum atomic E-state index is -0.895. The number of primary amides is 1. The zero-order chi connectivity index (χ0) is 27.3. The normalized spacial score (nSPS) is 13.1. The van der Waals surface area contributed by atoms with Crippen molar-refractivity contribution in [1.82, 2.24) is 21.3 Å². The van der Waals surface area contributed by atoms with Crippen molar-refractivity contribution in [2.24, 2.45) is 11.7 Å². The van der Waals surface area contributed by atoms with E-state index in [1.165, 1.54) is 0 Å². The Kier molecular flexibility index (Phi) is 13.6. The molecule has 198 valence electrons. The highest BCUT2D eigenvalue weighted by Crippen LogP contribution is 2.12. The quantitative estimate of drug-likeness (QED) is 0.107. The number of hydrogen-bond donors (Lipinski definition) is 6. The first-order chi connectivity index (χ1) is 17.0. The summed E-state index contributed by atoms with van der Waals surface area (Å²) in [5.41, 5.74) is 5.93. The molecule has 0 bridgehead atoms. The molecule has 0 aromatic heterocycles. The molecule has 1 aromatic carbocycles. The standard InChI is InChI=1S/C23H36BBrN6O5/c1-13(2)19(31-20(33)15-6-8-16(9-7-15)29-18(32)12-25)22(35)30-17(5-4-10-27-23(26)36)21(34)28-14(3)11-24/h6-9,13-14,17,19H,4-5,10-12,24H2,1-3H3,(H,28,34)(H,29,32)(H,30,35)(H,31,33)(H3,26,27,36)/t14-,17+,19?/m1/s1. The molecule has 6 amide bonds. The van der Waals surface area contributed by atoms with Gasteiger partial charge >= 0.3 is 6.03 Å². The van der Waals surface area contributed by atoms with Crippen LogP contribution in [0.3, 0.4) is 0 Å². The lowest BCUT2D eigenvalue weighted by Crippen LogP contribution is -2.56. The van der Waals surface area contributed by atoms with Gasteiger partial charge in [-0.3, -0.25) is 19.2 Å². The first-order valence-corrected chi connectivity index (χ1v) is 13.0. The topological polar surface area (TPSA) is 172 Å². The van der Waals surface area contributed by atoms with Gasteiger partial charge in [0.05, 0.1) is 5.33 Å². The van der Waals surface area contributed by atoms with E-state index in [2.05, 4.69) is 42.5 Å². The molecule has 0 heterocycles. The fraction of sp³-hybridized carbons (Fsp3) is 0.522. The van der Waals surface area contributed by atoms with Crippen molar-refractivity contribution >= 4 is 59.1 Å². The van der Waals surface area contributed by atoms with Crippen LogP contribution in [0.4, 0.5) is 10.5 Å². The summed E-state index contributed by atoms with van der Waals surface area (Å²) in [5, 5.41) is 13.6. The van der Waals surface area contributed by atoms with E-state index in [0.717, 1.165) is 6.32 Å². The van der Waals surface area contributed by atoms with Crippen LogP contribution < -0.4 is 32.3 Å². The van der Waals surface area contributed by atoms with Crippen molar-refractivity contribution in [3.8, 4) is 0 Å². The maximum absolute atomic E-state index is 13.1. The number of halogens is 1. The van der Waals surface area contributed by atoms with Gasteiger partial charge in [-0.15, -0.1) is 0 Å². The summed E-state index contributed by atoms with van der Waals surface area (Å²) >= 11 is 3.07. The maximum Gasteiger partial charge on any atom is 0.312 e. The third-order valence-corrected chi connectivity index (χ3v) is 5.90. The lowest BCUT2D eigenvalue weighted by Gasteiger charge is -2.26. The van der Waals surface area contributed by atoms with Crippen LogP contribution in [-0.2, 0) is 14.4 Å². The van der Waals surface area contributed by atoms with Gasteiger partial charge in [0.25, 0.3) is 5.91 Å². The van der Waals surface area contributed by atoms with E-state index in [4.69, 9.17) is 5.73 Å². The van der Waals surface area contributed by atoms with Crippen LogP contribution in [-0.4, -0.2) is 67.5 Å². The summed E-state index contributed by atoms with van der Waals surface area (Å²) in [4.78, 5) is 61.1. The largest absolute Gasteiger partial charge is 0.353 e. The molecule has 1 aromatic rings. The maximum atomic E-state index is 13.1. The Morgan fingerprint density at radius 1 is 0.972 bits per heavy atom. The average Bonchev–Trinajstić information content (AvgIpc) is 2.83. The molecule has 0 saturated heterocycles. The third kappa shape index (κ3) is 11.1. The first-order valence-electron chi connectivity index (χ1n) is 11.9. The smallest absolute Gasteiger partial charge is 0.312 e. The summed E-state index contributed by atoms with van der Waals surface area (Å²) in [7, 11) is 1.93. The van der Waals surface area contributed by atoms with Gasteiger partial charge < -0.3 is 32.3 Å². The van der Waals surface area contributed by atoms with Gasteiger partial charge in [-0.25, -0.2) is 4.79 Å². The molecular weight excluding hydrogens is 531 g/mol. The molecule has 11 nitrogen and oxygen atoms in total. The number of hydrogen-bond acceptors (Lipinski definition) is 5. The Labute approximate surface area is 221 Å². The summed E-state index contributed by atoms with van der Waals surface area (Å²) < 4.78 is 0. The van der Waals surface area contributed by atoms with E-state index in [0.29, 0.717) is 17.7 Å². The number of rotatable bonds is 14. The van der Waals surface area contributed by atoms with E-state index < -0.39 is 29.9 Å². The number of benzene rings is 1. The van der Waals surface area contributed by atoms with Crippen molar-refractivity contribution in [2.45, 2.75) is 58.1 Å². The van der Waals surface area contributed by atoms with Gasteiger partial charge in [0.15, 0.2) is 0 Å². The van der Waals surface area contributed by atoms with Crippen LogP contribution in [0.1, 0.15) is 44.0 Å². The van der Waals surface area contributed by atoms with Crippen LogP contribution in [0.25, 0.3) is 0 Å². The van der Waals surface area contributed by atoms with E-state index >= 15 is 0 Å². The molecule has 0 spiro atoms. The van der Waals surface area contributed by atoms with E-state index in [1.54, 1.807) is 38.1 Å². The van der Waals surface area contributed by atoms with Crippen molar-refractivity contribution in [1.29, 1.82) is 0 Å². The summed E-state index contributed by atoms with van der Waals surface area (Å²) in [6, 6.07) is 3.78. The molecule has 0 aliphatic rings. The molecular formula is C23H36BBrN6O5. The lowest BCUT2D eigenvalue weighted by atomic mass is 9.98. The van der Waals surface area contributed by atoms with Crippen molar-refractivity contribution in [3.63, 3.8) is 0 Å². The van der Waals surface area contributed by atoms with Crippen LogP contribution >= 0.6 is 15.9 Å². The van der Waals surface area contributed by atoms with Crippen molar-refractivity contribution in [2.75, 3.05) is 17.2 Å². The summed E-state index contributed by atoms with van der Waals surface area (Å²) in [6.45, 7) is 5.69. The SMILES string of the molecule is BC[C@@H](C)NC(=O)[C@H](CCCNC(N)=O)NC(=O)C(NC(=O)c1ccc(NC(=O)CBr)cc1)C(C)C. The van der Waals surface area contributed by atoms with Crippen LogP contribution in [0.15, 0.2) is 24.3 Å². The number of carbonyl (C=O) groups excluding carboxylic acids is 5. The molecule has 0 fully saturated rings. The second kappa shape index (κ2) is 15.8. The Morgan fingerprint density at radius 2 is 1.61 bits per heavy atom. The monoisotopic (exact) mass is 566 g/mol. The van der Waals surface area contributed by atoms with Crippen LogP contribution in [0.5, 0.6) is 0 Å². The lowest BCUT2D eigenvalue weighted by molar-refractivity contribution is -0.131. The molecule has 0 saturated carbocycles. The first kappa shape index (κ1) is 30.9. The molecule has 3 atom stereocenters. The highest BCUT2D eigenvalue weighted by molar-refractivity contribution is 9.09. The zero-order valence-electron chi connectivity index (χ0n) is 21.2. The van der Waals surface area contributed by atoms with Gasteiger partial charge in [-0.2, -0.15) is 0 Å². The van der Waals surface area contributed by atoms with E-state index in [-0.39, 0.29) is 42.1 Å². The van der Waals surface area contributed by atoms with Crippen molar-refractivity contribution < 1.29 is 24.0 Å². The number of nitrogens with one attached hydrogen (secondary N) is 5. The highest BCUT2D eigenvalue weighted by atomic mass is 79.9. The Hall–Kier alpha value is -3.09. The third-order valence-electron chi connectivity index (χ3n) is 5.39. The second-order valence-electron chi connectivity index (χ2n) is 8.77. The Bertz CT molecular complexity index is 915. The minimum Gasteiger partial charge on any atom is -0.353 e. The molecule has 36 heavy (non-hydrogen) atoms. The zero-order valence-corrected chi connectivity index (χ0v) is 22.7. The summed E-state index contributed by atoms with van der Waals surface area (Å²) in [5.74, 6) is -1.78. The predicted octanol–water partition coefficient (Wildman–Crippen LogP) is 0.264. The Morgan fingerprint density at radius 3 is 2.14 bits per heavy atom. The fourth-order valence-electron chi connectivity index (χ4n) is 3.15. The summed E-state index contributed by atoms with van der Waals surface area (Å²) in [6.07, 6.45) is 1.41. The van der Waals surface area contributed by atoms with Gasteiger partial charge in [-0.1, -0.05) is 36.1 Å². The average molecular weight is 567 g/mol. The van der Waals surface area contributed by atoms with Crippen LogP contribution in [0.2, 0.25) is 6.32 Å². The molecule has 7 N–H and O–H groups in total. The van der Waals surface area contributed by atoms with Crippen molar-refractivity contribution in [3.05, 3.63) is 29.8 Å². The number of nitrogens with two attached hydrogens (primary N) is 1. The second-order valence-corrected chi connectivity index (χ2v) is 9.33. The van der Waals surface area contributed by atoms with Gasteiger partial charge in [-0.05, 0) is 49.9 Å². The fourth-order valence-corrected chi connectivity index (χ4v) is 3.29. The minimum absolute atomic E-state index is 0.0801. The molecule has 0 aliphatic heterocycles. The van der Waals surface area contributed by atoms with Crippen LogP contribution in [0, 0.1) is 5.92 Å². The number of amides is 6. The number of alkyl halides is 1. The Balaban J connectivity index is 2.90. The number of urea groups is 1. The molecule has 0 aliphatic carbocycles. The van der Waals surface area contributed by atoms with Gasteiger partial charge in [0.2, 0.25) is 17.7 Å². The van der Waals surface area contributed by atoms with Gasteiger partial charge in [0, 0.05) is 23.8 Å². The molecule has 13 heteroatoms. The number of carbonyl (C=O) groups is 5.